The fourth-order valence-electron chi connectivity index (χ4n) is 4.95. The summed E-state index contributed by atoms with van der Waals surface area (Å²) in [6, 6.07) is 0. The number of aliphatic hydroxyl groups is 1. The van der Waals surface area contributed by atoms with E-state index in [0.29, 0.717) is 12.0 Å². The first kappa shape index (κ1) is 34.4. The number of primary amides is 1. The monoisotopic (exact) mass is 585 g/mol. The van der Waals surface area contributed by atoms with Gasteiger partial charge >= 0.3 is 6.09 Å². The summed E-state index contributed by atoms with van der Waals surface area (Å²) in [6.07, 6.45) is 5.34. The van der Waals surface area contributed by atoms with Crippen molar-refractivity contribution in [2.45, 2.75) is 65.0 Å². The van der Waals surface area contributed by atoms with Gasteiger partial charge in [-0.05, 0) is 38.2 Å². The van der Waals surface area contributed by atoms with Crippen molar-refractivity contribution in [2.75, 3.05) is 20.8 Å². The van der Waals surface area contributed by atoms with E-state index >= 15 is 0 Å². The molecule has 1 heterocycles. The van der Waals surface area contributed by atoms with Gasteiger partial charge in [0.1, 0.15) is 6.10 Å². The summed E-state index contributed by atoms with van der Waals surface area (Å²) in [6.45, 7) is 10.9. The molecule has 230 valence electrons. The molecule has 0 radical (unpaired) electrons. The maximum atomic E-state index is 13.5. The Morgan fingerprint density at radius 3 is 2.50 bits per heavy atom. The summed E-state index contributed by atoms with van der Waals surface area (Å²) in [5.74, 6) is -2.14. The van der Waals surface area contributed by atoms with Gasteiger partial charge in [-0.15, -0.1) is 6.58 Å². The molecule has 2 rings (SSSR count). The largest absolute Gasteiger partial charge is 0.439 e. The van der Waals surface area contributed by atoms with Crippen LogP contribution in [-0.2, 0) is 28.6 Å². The summed E-state index contributed by atoms with van der Waals surface area (Å²) >= 11 is 0. The number of hydrogen-bond donors (Lipinski definition) is 4. The number of hydrogen-bond acceptors (Lipinski definition) is 9. The van der Waals surface area contributed by atoms with Gasteiger partial charge in [0.15, 0.2) is 6.10 Å². The number of nitrogens with two attached hydrogens (primary N) is 1. The van der Waals surface area contributed by atoms with E-state index in [2.05, 4.69) is 17.2 Å². The van der Waals surface area contributed by atoms with Crippen LogP contribution in [0.2, 0.25) is 0 Å². The van der Waals surface area contributed by atoms with E-state index in [4.69, 9.17) is 19.9 Å². The van der Waals surface area contributed by atoms with E-state index in [1.807, 2.05) is 6.92 Å². The molecule has 0 saturated heterocycles. The van der Waals surface area contributed by atoms with Crippen LogP contribution in [0.5, 0.6) is 0 Å². The van der Waals surface area contributed by atoms with Crippen molar-refractivity contribution in [3.8, 4) is 0 Å². The van der Waals surface area contributed by atoms with Gasteiger partial charge in [0.25, 0.3) is 5.91 Å². The average molecular weight is 586 g/mol. The molecule has 1 aliphatic heterocycles. The predicted molar refractivity (Wildman–Crippen MR) is 158 cm³/mol. The first-order valence-corrected chi connectivity index (χ1v) is 13.8. The molecule has 1 aliphatic carbocycles. The second-order valence-corrected chi connectivity index (χ2v) is 10.6. The summed E-state index contributed by atoms with van der Waals surface area (Å²) in [4.78, 5) is 51.3. The average Bonchev–Trinajstić information content (AvgIpc) is 2.94. The molecule has 2 bridgehead atoms. The Bertz CT molecular complexity index is 1210. The number of amides is 2. The van der Waals surface area contributed by atoms with Gasteiger partial charge in [0, 0.05) is 43.9 Å². The third kappa shape index (κ3) is 9.10. The predicted octanol–water partition coefficient (Wildman–Crippen LogP) is 2.54. The Labute approximate surface area is 247 Å². The normalized spacial score (nSPS) is 31.6. The molecule has 5 N–H and O–H groups in total. The lowest BCUT2D eigenvalue weighted by Crippen LogP contribution is -2.37. The highest BCUT2D eigenvalue weighted by molar-refractivity contribution is 6.23. The van der Waals surface area contributed by atoms with Crippen LogP contribution in [0.25, 0.3) is 0 Å². The smallest absolute Gasteiger partial charge is 0.405 e. The maximum Gasteiger partial charge on any atom is 0.405 e. The van der Waals surface area contributed by atoms with Crippen molar-refractivity contribution in [2.24, 2.45) is 17.6 Å². The van der Waals surface area contributed by atoms with Gasteiger partial charge in [-0.25, -0.2) is 4.79 Å². The molecule has 0 unspecified atom stereocenters. The van der Waals surface area contributed by atoms with Crippen molar-refractivity contribution < 1.29 is 38.5 Å². The zero-order valence-electron chi connectivity index (χ0n) is 25.1. The number of allylic oxidation sites excluding steroid dienone is 4. The summed E-state index contributed by atoms with van der Waals surface area (Å²) in [5.41, 5.74) is 6.42. The van der Waals surface area contributed by atoms with Crippen LogP contribution in [0, 0.1) is 11.8 Å². The number of Topliss-reactive ketones (excluding diaryl/α,β-unsaturated/α-hetero) is 1. The van der Waals surface area contributed by atoms with E-state index in [9.17, 15) is 24.3 Å². The fourth-order valence-corrected chi connectivity index (χ4v) is 4.95. The van der Waals surface area contributed by atoms with Crippen molar-refractivity contribution in [3.63, 3.8) is 0 Å². The molecule has 0 saturated carbocycles. The molecular weight excluding hydrogens is 542 g/mol. The SMILES string of the molecule is C=CCNC1=C2C[C@@H](C)C[C@H](OC)[C@H](O)[C@@H](C)/C=C(\C)[C@H](OC(N)=O)[C@@H](OC)/C=C/C=C(/C)C(=O)NC(=CC1=O)C2=O. The number of carbonyl (C=O) groups is 4. The van der Waals surface area contributed by atoms with Crippen LogP contribution in [0.1, 0.15) is 40.5 Å². The topological polar surface area (TPSA) is 166 Å². The fraction of sp³-hybridized carbons (Fsp3) is 0.484. The third-order valence-electron chi connectivity index (χ3n) is 7.22. The Morgan fingerprint density at radius 2 is 1.90 bits per heavy atom. The van der Waals surface area contributed by atoms with Crippen molar-refractivity contribution in [1.82, 2.24) is 10.6 Å². The number of ketones is 2. The Kier molecular flexibility index (Phi) is 13.1. The summed E-state index contributed by atoms with van der Waals surface area (Å²) < 4.78 is 16.6. The second kappa shape index (κ2) is 16.0. The van der Waals surface area contributed by atoms with Crippen LogP contribution in [0.4, 0.5) is 4.79 Å². The van der Waals surface area contributed by atoms with Crippen LogP contribution in [0.15, 0.2) is 71.1 Å². The molecular formula is C31H43N3O8. The van der Waals surface area contributed by atoms with Gasteiger partial charge in [0.05, 0.1) is 23.6 Å². The van der Waals surface area contributed by atoms with Gasteiger partial charge in [-0.1, -0.05) is 44.2 Å². The summed E-state index contributed by atoms with van der Waals surface area (Å²) in [7, 11) is 2.92. The van der Waals surface area contributed by atoms with E-state index in [1.54, 1.807) is 45.1 Å². The lowest BCUT2D eigenvalue weighted by atomic mass is 9.85. The van der Waals surface area contributed by atoms with E-state index in [1.165, 1.54) is 20.3 Å². The van der Waals surface area contributed by atoms with Crippen molar-refractivity contribution in [3.05, 3.63) is 71.1 Å². The van der Waals surface area contributed by atoms with Crippen molar-refractivity contribution in [1.29, 1.82) is 0 Å². The number of nitrogens with one attached hydrogen (secondary N) is 2. The number of rotatable bonds is 6. The molecule has 0 fully saturated rings. The standard InChI is InChI=1S/C31H43N3O8/c1-8-12-33-26-21-13-17(2)14-25(41-7)27(36)19(4)15-20(5)29(42-31(32)39)24(40-6)11-9-10-18(3)30(38)34-22(28(21)37)16-23(26)35/h8-11,15-17,19,24-25,27,29,33,36H,1,12-14H2,2-7H3,(H2,32,39)(H,34,38)/b11-9+,18-10-,20-15+/t17-,19+,24+,25+,27-,29+/m1/s1. The highest BCUT2D eigenvalue weighted by Gasteiger charge is 2.33. The maximum absolute atomic E-state index is 13.5. The molecule has 11 heteroatoms. The lowest BCUT2D eigenvalue weighted by molar-refractivity contribution is -0.120. The molecule has 0 aromatic rings. The van der Waals surface area contributed by atoms with E-state index in [-0.39, 0.29) is 41.4 Å². The zero-order valence-corrected chi connectivity index (χ0v) is 25.1. The number of ether oxygens (including phenoxy) is 3. The highest BCUT2D eigenvalue weighted by atomic mass is 16.6. The minimum atomic E-state index is -1.00. The number of methoxy groups -OCH3 is 2. The third-order valence-corrected chi connectivity index (χ3v) is 7.22. The molecule has 2 amide bonds. The Morgan fingerprint density at radius 1 is 1.21 bits per heavy atom. The quantitative estimate of drug-likeness (QED) is 0.271. The molecule has 0 spiro atoms. The van der Waals surface area contributed by atoms with Crippen LogP contribution in [-0.4, -0.2) is 73.9 Å². The number of fused-ring (bicyclic) bond motifs is 2. The zero-order chi connectivity index (χ0) is 31.6. The molecule has 0 aromatic carbocycles. The summed E-state index contributed by atoms with van der Waals surface area (Å²) in [5, 5.41) is 16.7. The van der Waals surface area contributed by atoms with Gasteiger partial charge < -0.3 is 35.7 Å². The van der Waals surface area contributed by atoms with Gasteiger partial charge in [0.2, 0.25) is 11.6 Å². The number of aliphatic hydroxyl groups excluding tert-OH is 1. The molecule has 0 aromatic heterocycles. The van der Waals surface area contributed by atoms with Crippen LogP contribution < -0.4 is 16.4 Å². The Hall–Kier alpha value is -3.80. The van der Waals surface area contributed by atoms with Crippen molar-refractivity contribution >= 4 is 23.6 Å². The first-order valence-electron chi connectivity index (χ1n) is 13.8. The van der Waals surface area contributed by atoms with E-state index < -0.39 is 53.9 Å². The van der Waals surface area contributed by atoms with Gasteiger partial charge in [-0.2, -0.15) is 0 Å². The lowest BCUT2D eigenvalue weighted by Gasteiger charge is -2.30. The van der Waals surface area contributed by atoms with Crippen LogP contribution >= 0.6 is 0 Å². The minimum absolute atomic E-state index is 0.132. The van der Waals surface area contributed by atoms with Crippen LogP contribution in [0.3, 0.4) is 0 Å². The number of carbonyl (C=O) groups excluding carboxylic acids is 4. The second-order valence-electron chi connectivity index (χ2n) is 10.6. The Balaban J connectivity index is 2.62. The first-order chi connectivity index (χ1) is 19.8. The highest BCUT2D eigenvalue weighted by Crippen LogP contribution is 2.28. The molecule has 2 aliphatic rings. The molecule has 11 nitrogen and oxygen atoms in total. The van der Waals surface area contributed by atoms with E-state index in [0.717, 1.165) is 6.08 Å². The molecule has 6 atom stereocenters. The molecule has 42 heavy (non-hydrogen) atoms. The van der Waals surface area contributed by atoms with Gasteiger partial charge in [-0.3, -0.25) is 14.4 Å². The minimum Gasteiger partial charge on any atom is -0.439 e.